The van der Waals surface area contributed by atoms with Crippen LogP contribution in [0.2, 0.25) is 0 Å². The van der Waals surface area contributed by atoms with E-state index in [2.05, 4.69) is 10.2 Å². The molecular weight excluding hydrogens is 240 g/mol. The van der Waals surface area contributed by atoms with Crippen LogP contribution < -0.4 is 5.32 Å². The molecule has 1 heterocycles. The van der Waals surface area contributed by atoms with Crippen molar-refractivity contribution in [1.82, 2.24) is 10.2 Å². The second kappa shape index (κ2) is 7.25. The SMILES string of the molecule is CNC(=O)CCN1CCCCC1C1CCCCC1O. The molecule has 1 aliphatic heterocycles. The smallest absolute Gasteiger partial charge is 0.221 e. The summed E-state index contributed by atoms with van der Waals surface area (Å²) in [5.74, 6) is 0.548. The number of likely N-dealkylation sites (tertiary alicyclic amines) is 1. The summed E-state index contributed by atoms with van der Waals surface area (Å²) in [6, 6.07) is 0.494. The fourth-order valence-electron chi connectivity index (χ4n) is 3.74. The van der Waals surface area contributed by atoms with Crippen molar-refractivity contribution in [2.24, 2.45) is 5.92 Å². The molecule has 0 aromatic carbocycles. The maximum Gasteiger partial charge on any atom is 0.221 e. The third kappa shape index (κ3) is 3.93. The van der Waals surface area contributed by atoms with Gasteiger partial charge in [-0.2, -0.15) is 0 Å². The van der Waals surface area contributed by atoms with Gasteiger partial charge >= 0.3 is 0 Å². The number of amides is 1. The number of piperidine rings is 1. The highest BCUT2D eigenvalue weighted by Crippen LogP contribution is 2.34. The van der Waals surface area contributed by atoms with Crippen LogP contribution in [0, 0.1) is 5.92 Å². The normalized spacial score (nSPS) is 33.1. The van der Waals surface area contributed by atoms with Gasteiger partial charge in [0.05, 0.1) is 6.10 Å². The van der Waals surface area contributed by atoms with Crippen LogP contribution in [0.15, 0.2) is 0 Å². The molecule has 0 aromatic heterocycles. The first kappa shape index (κ1) is 14.8. The Bertz CT molecular complexity index is 296. The number of nitrogens with zero attached hydrogens (tertiary/aromatic N) is 1. The van der Waals surface area contributed by atoms with Crippen molar-refractivity contribution in [3.8, 4) is 0 Å². The molecule has 1 saturated heterocycles. The summed E-state index contributed by atoms with van der Waals surface area (Å²) >= 11 is 0. The molecule has 1 saturated carbocycles. The van der Waals surface area contributed by atoms with Gasteiger partial charge in [-0.05, 0) is 32.2 Å². The molecule has 1 aliphatic carbocycles. The molecule has 2 N–H and O–H groups in total. The molecule has 2 aliphatic rings. The molecule has 0 spiro atoms. The zero-order chi connectivity index (χ0) is 13.7. The van der Waals surface area contributed by atoms with Crippen LogP contribution in [0.5, 0.6) is 0 Å². The maximum atomic E-state index is 11.4. The minimum Gasteiger partial charge on any atom is -0.393 e. The Balaban J connectivity index is 1.92. The Hall–Kier alpha value is -0.610. The van der Waals surface area contributed by atoms with Gasteiger partial charge in [0.1, 0.15) is 0 Å². The highest BCUT2D eigenvalue weighted by Gasteiger charge is 2.35. The molecule has 2 rings (SSSR count). The second-order valence-electron chi connectivity index (χ2n) is 6.04. The van der Waals surface area contributed by atoms with Gasteiger partial charge in [0, 0.05) is 32.0 Å². The molecule has 1 amide bonds. The van der Waals surface area contributed by atoms with Gasteiger partial charge in [-0.1, -0.05) is 19.3 Å². The minimum atomic E-state index is -0.126. The number of nitrogens with one attached hydrogen (secondary N) is 1. The largest absolute Gasteiger partial charge is 0.393 e. The molecule has 2 fully saturated rings. The zero-order valence-electron chi connectivity index (χ0n) is 12.1. The van der Waals surface area contributed by atoms with Gasteiger partial charge in [-0.15, -0.1) is 0 Å². The Kier molecular flexibility index (Phi) is 5.64. The monoisotopic (exact) mass is 268 g/mol. The molecule has 3 unspecified atom stereocenters. The van der Waals surface area contributed by atoms with Crippen LogP contribution in [-0.2, 0) is 4.79 Å². The number of aliphatic hydroxyl groups is 1. The standard InChI is InChI=1S/C15H28N2O2/c1-16-15(19)9-11-17-10-5-4-7-13(17)12-6-2-3-8-14(12)18/h12-14,18H,2-11H2,1H3,(H,16,19). The first-order valence-electron chi connectivity index (χ1n) is 7.85. The second-order valence-corrected chi connectivity index (χ2v) is 6.04. The summed E-state index contributed by atoms with van der Waals surface area (Å²) in [5, 5.41) is 12.9. The van der Waals surface area contributed by atoms with E-state index >= 15 is 0 Å². The molecule has 0 radical (unpaired) electrons. The molecule has 0 bridgehead atoms. The number of rotatable bonds is 4. The van der Waals surface area contributed by atoms with Crippen molar-refractivity contribution >= 4 is 5.91 Å². The van der Waals surface area contributed by atoms with Crippen molar-refractivity contribution in [2.45, 2.75) is 63.5 Å². The molecular formula is C15H28N2O2. The van der Waals surface area contributed by atoms with Crippen LogP contribution in [0.1, 0.15) is 51.4 Å². The van der Waals surface area contributed by atoms with Crippen LogP contribution in [0.3, 0.4) is 0 Å². The molecule has 110 valence electrons. The van der Waals surface area contributed by atoms with Crippen molar-refractivity contribution in [3.05, 3.63) is 0 Å². The molecule has 3 atom stereocenters. The third-order valence-electron chi connectivity index (χ3n) is 4.84. The van der Waals surface area contributed by atoms with Gasteiger partial charge in [0.2, 0.25) is 5.91 Å². The van der Waals surface area contributed by atoms with Gasteiger partial charge in [0.25, 0.3) is 0 Å². The predicted molar refractivity (Wildman–Crippen MR) is 75.9 cm³/mol. The first-order valence-corrected chi connectivity index (χ1v) is 7.85. The lowest BCUT2D eigenvalue weighted by atomic mass is 9.78. The fourth-order valence-corrected chi connectivity index (χ4v) is 3.74. The van der Waals surface area contributed by atoms with E-state index in [1.165, 1.54) is 32.1 Å². The molecule has 4 heteroatoms. The highest BCUT2D eigenvalue weighted by atomic mass is 16.3. The average Bonchev–Trinajstić information content (AvgIpc) is 2.45. The van der Waals surface area contributed by atoms with Crippen LogP contribution in [0.4, 0.5) is 0 Å². The Labute approximate surface area is 116 Å². The van der Waals surface area contributed by atoms with Crippen molar-refractivity contribution in [1.29, 1.82) is 0 Å². The summed E-state index contributed by atoms with van der Waals surface area (Å²) in [6.07, 6.45) is 8.68. The predicted octanol–water partition coefficient (Wildman–Crippen LogP) is 1.53. The highest BCUT2D eigenvalue weighted by molar-refractivity contribution is 5.75. The third-order valence-corrected chi connectivity index (χ3v) is 4.84. The van der Waals surface area contributed by atoms with E-state index < -0.39 is 0 Å². The maximum absolute atomic E-state index is 11.4. The average molecular weight is 268 g/mol. The molecule has 4 nitrogen and oxygen atoms in total. The minimum absolute atomic E-state index is 0.119. The quantitative estimate of drug-likeness (QED) is 0.813. The first-order chi connectivity index (χ1) is 9.22. The lowest BCUT2D eigenvalue weighted by Gasteiger charge is -2.43. The Morgan fingerprint density at radius 2 is 1.95 bits per heavy atom. The lowest BCUT2D eigenvalue weighted by molar-refractivity contribution is -0.121. The van der Waals surface area contributed by atoms with Crippen molar-refractivity contribution in [2.75, 3.05) is 20.1 Å². The van der Waals surface area contributed by atoms with E-state index in [1.54, 1.807) is 7.05 Å². The fraction of sp³-hybridized carbons (Fsp3) is 0.933. The van der Waals surface area contributed by atoms with E-state index in [9.17, 15) is 9.90 Å². The summed E-state index contributed by atoms with van der Waals surface area (Å²) in [5.41, 5.74) is 0. The van der Waals surface area contributed by atoms with E-state index in [-0.39, 0.29) is 12.0 Å². The molecule has 0 aromatic rings. The number of hydrogen-bond donors (Lipinski definition) is 2. The van der Waals surface area contributed by atoms with Gasteiger partial charge in [-0.25, -0.2) is 0 Å². The Morgan fingerprint density at radius 3 is 2.68 bits per heavy atom. The number of hydrogen-bond acceptors (Lipinski definition) is 3. The van der Waals surface area contributed by atoms with Gasteiger partial charge in [0.15, 0.2) is 0 Å². The van der Waals surface area contributed by atoms with Crippen molar-refractivity contribution < 1.29 is 9.90 Å². The van der Waals surface area contributed by atoms with E-state index in [4.69, 9.17) is 0 Å². The number of aliphatic hydroxyl groups excluding tert-OH is 1. The van der Waals surface area contributed by atoms with Gasteiger partial charge in [-0.3, -0.25) is 9.69 Å². The van der Waals surface area contributed by atoms with Crippen LogP contribution >= 0.6 is 0 Å². The van der Waals surface area contributed by atoms with Crippen LogP contribution in [0.25, 0.3) is 0 Å². The van der Waals surface area contributed by atoms with E-state index in [0.29, 0.717) is 18.4 Å². The molecule has 19 heavy (non-hydrogen) atoms. The van der Waals surface area contributed by atoms with E-state index in [0.717, 1.165) is 25.9 Å². The number of carbonyl (C=O) groups is 1. The summed E-state index contributed by atoms with van der Waals surface area (Å²) in [6.45, 7) is 1.93. The number of carbonyl (C=O) groups excluding carboxylic acids is 1. The van der Waals surface area contributed by atoms with Crippen LogP contribution in [-0.4, -0.2) is 48.2 Å². The van der Waals surface area contributed by atoms with Crippen molar-refractivity contribution in [3.63, 3.8) is 0 Å². The Morgan fingerprint density at radius 1 is 1.21 bits per heavy atom. The summed E-state index contributed by atoms with van der Waals surface area (Å²) < 4.78 is 0. The zero-order valence-corrected chi connectivity index (χ0v) is 12.1. The lowest BCUT2D eigenvalue weighted by Crippen LogP contribution is -2.49. The summed E-state index contributed by atoms with van der Waals surface area (Å²) in [4.78, 5) is 13.9. The summed E-state index contributed by atoms with van der Waals surface area (Å²) in [7, 11) is 1.70. The topological polar surface area (TPSA) is 52.6 Å². The van der Waals surface area contributed by atoms with E-state index in [1.807, 2.05) is 0 Å². The van der Waals surface area contributed by atoms with Gasteiger partial charge < -0.3 is 10.4 Å².